The van der Waals surface area contributed by atoms with Crippen LogP contribution in [0.15, 0.2) is 0 Å². The number of rotatable bonds is 3. The first kappa shape index (κ1) is 7.10. The molecule has 0 aromatic heterocycles. The first-order valence-electron chi connectivity index (χ1n) is 2.05. The summed E-state index contributed by atoms with van der Waals surface area (Å²) in [6.45, 7) is 0. The molecule has 4 heteroatoms. The zero-order chi connectivity index (χ0) is 6.57. The Morgan fingerprint density at radius 2 is 2.38 bits per heavy atom. The van der Waals surface area contributed by atoms with Crippen LogP contribution in [0.5, 0.6) is 0 Å². The quantitative estimate of drug-likeness (QED) is 0.468. The van der Waals surface area contributed by atoms with Gasteiger partial charge in [0.1, 0.15) is 12.4 Å². The molecule has 0 aliphatic rings. The van der Waals surface area contributed by atoms with Crippen LogP contribution in [0.1, 0.15) is 6.42 Å². The molecule has 0 saturated carbocycles. The van der Waals surface area contributed by atoms with E-state index in [1.807, 2.05) is 0 Å². The molecule has 0 spiro atoms. The van der Waals surface area contributed by atoms with E-state index in [1.54, 1.807) is 0 Å². The fourth-order valence-corrected chi connectivity index (χ4v) is 0.198. The van der Waals surface area contributed by atoms with Gasteiger partial charge in [0.05, 0.1) is 0 Å². The molecule has 8 heavy (non-hydrogen) atoms. The average molecular weight is 116 g/mol. The molecule has 0 fully saturated rings. The van der Waals surface area contributed by atoms with Crippen molar-refractivity contribution in [3.05, 3.63) is 0 Å². The lowest BCUT2D eigenvalue weighted by Gasteiger charge is -1.95. The number of carbonyl (C=O) groups excluding carboxylic acids is 2. The molecule has 0 aromatic rings. The van der Waals surface area contributed by atoms with Crippen molar-refractivity contribution in [3.63, 3.8) is 0 Å². The summed E-state index contributed by atoms with van der Waals surface area (Å²) in [7, 11) is 0. The van der Waals surface area contributed by atoms with Gasteiger partial charge in [-0.3, -0.25) is 10.5 Å². The van der Waals surface area contributed by atoms with Gasteiger partial charge in [-0.15, -0.1) is 0 Å². The summed E-state index contributed by atoms with van der Waals surface area (Å²) >= 11 is 0. The van der Waals surface area contributed by atoms with E-state index in [0.29, 0.717) is 6.29 Å². The second-order valence-electron chi connectivity index (χ2n) is 1.28. The van der Waals surface area contributed by atoms with Gasteiger partial charge in [0.25, 0.3) is 5.91 Å². The Morgan fingerprint density at radius 1 is 1.88 bits per heavy atom. The third kappa shape index (κ3) is 2.30. The zero-order valence-corrected chi connectivity index (χ0v) is 4.13. The summed E-state index contributed by atoms with van der Waals surface area (Å²) < 4.78 is 0. The van der Waals surface area contributed by atoms with Crippen molar-refractivity contribution < 1.29 is 14.7 Å². The van der Waals surface area contributed by atoms with Crippen LogP contribution >= 0.6 is 0 Å². The Bertz CT molecular complexity index is 101. The Labute approximate surface area is 46.3 Å². The molecule has 1 radical (unpaired) electrons. The standard InChI is InChI=1S/C4H6NO3/c5-4(8)3(7)1-2-6/h2-3,5,7H,1H2. The van der Waals surface area contributed by atoms with E-state index in [9.17, 15) is 9.59 Å². The molecular weight excluding hydrogens is 110 g/mol. The minimum Gasteiger partial charge on any atom is -0.383 e. The van der Waals surface area contributed by atoms with Gasteiger partial charge in [-0.05, 0) is 0 Å². The Balaban J connectivity index is 3.46. The van der Waals surface area contributed by atoms with Gasteiger partial charge in [0, 0.05) is 6.42 Å². The van der Waals surface area contributed by atoms with Crippen LogP contribution < -0.4 is 5.73 Å². The molecule has 0 aromatic carbocycles. The topological polar surface area (TPSA) is 78.2 Å². The Hall–Kier alpha value is -0.900. The summed E-state index contributed by atoms with van der Waals surface area (Å²) in [5.41, 5.74) is 6.24. The number of nitrogens with one attached hydrogen (secondary N) is 1. The van der Waals surface area contributed by atoms with Gasteiger partial charge in [0.2, 0.25) is 0 Å². The summed E-state index contributed by atoms with van der Waals surface area (Å²) in [5.74, 6) is -1.11. The van der Waals surface area contributed by atoms with Crippen molar-refractivity contribution in [3.8, 4) is 0 Å². The van der Waals surface area contributed by atoms with E-state index >= 15 is 0 Å². The lowest BCUT2D eigenvalue weighted by atomic mass is 10.3. The molecule has 1 unspecified atom stereocenters. The SMILES string of the molecule is [NH]C(=O)C(O)CC=O. The zero-order valence-electron chi connectivity index (χ0n) is 4.13. The largest absolute Gasteiger partial charge is 0.383 e. The molecule has 0 saturated heterocycles. The van der Waals surface area contributed by atoms with Crippen molar-refractivity contribution in [2.75, 3.05) is 0 Å². The van der Waals surface area contributed by atoms with E-state index in [-0.39, 0.29) is 6.42 Å². The van der Waals surface area contributed by atoms with Gasteiger partial charge in [-0.25, -0.2) is 0 Å². The molecule has 0 rings (SSSR count). The molecule has 1 atom stereocenters. The van der Waals surface area contributed by atoms with Gasteiger partial charge >= 0.3 is 0 Å². The third-order valence-electron chi connectivity index (χ3n) is 0.622. The minimum atomic E-state index is -1.42. The van der Waals surface area contributed by atoms with E-state index in [0.717, 1.165) is 0 Å². The first-order chi connectivity index (χ1) is 3.68. The van der Waals surface area contributed by atoms with Gasteiger partial charge in [0.15, 0.2) is 0 Å². The van der Waals surface area contributed by atoms with E-state index in [1.165, 1.54) is 0 Å². The highest BCUT2D eigenvalue weighted by atomic mass is 16.3. The smallest absolute Gasteiger partial charge is 0.267 e. The van der Waals surface area contributed by atoms with Crippen molar-refractivity contribution in [1.29, 1.82) is 0 Å². The Kier molecular flexibility index (Phi) is 2.79. The summed E-state index contributed by atoms with van der Waals surface area (Å²) in [5, 5.41) is 8.36. The lowest BCUT2D eigenvalue weighted by Crippen LogP contribution is -2.20. The highest BCUT2D eigenvalue weighted by molar-refractivity contribution is 5.80. The summed E-state index contributed by atoms with van der Waals surface area (Å²) in [6.07, 6.45) is -1.30. The maximum Gasteiger partial charge on any atom is 0.267 e. The predicted octanol–water partition coefficient (Wildman–Crippen LogP) is -1.25. The maximum atomic E-state index is 9.79. The highest BCUT2D eigenvalue weighted by Crippen LogP contribution is 1.84. The van der Waals surface area contributed by atoms with Crippen molar-refractivity contribution in [1.82, 2.24) is 5.73 Å². The lowest BCUT2D eigenvalue weighted by molar-refractivity contribution is -0.129. The number of hydrogen-bond donors (Lipinski definition) is 1. The molecular formula is C4H6NO3. The monoisotopic (exact) mass is 116 g/mol. The summed E-state index contributed by atoms with van der Waals surface area (Å²) in [4.78, 5) is 19.3. The molecule has 4 nitrogen and oxygen atoms in total. The first-order valence-corrected chi connectivity index (χ1v) is 2.05. The van der Waals surface area contributed by atoms with E-state index in [2.05, 4.69) is 0 Å². The van der Waals surface area contributed by atoms with Gasteiger partial charge in [-0.2, -0.15) is 0 Å². The minimum absolute atomic E-state index is 0.275. The number of amides is 1. The van der Waals surface area contributed by atoms with Gasteiger partial charge in [-0.1, -0.05) is 0 Å². The highest BCUT2D eigenvalue weighted by Gasteiger charge is 2.08. The molecule has 45 valence electrons. The van der Waals surface area contributed by atoms with Crippen LogP contribution in [0.4, 0.5) is 0 Å². The normalized spacial score (nSPS) is 12.6. The third-order valence-corrected chi connectivity index (χ3v) is 0.622. The molecule has 0 aliphatic carbocycles. The second kappa shape index (κ2) is 3.15. The molecule has 0 aliphatic heterocycles. The van der Waals surface area contributed by atoms with E-state index < -0.39 is 12.0 Å². The second-order valence-corrected chi connectivity index (χ2v) is 1.28. The van der Waals surface area contributed by atoms with Crippen LogP contribution in [0.25, 0.3) is 0 Å². The van der Waals surface area contributed by atoms with Crippen molar-refractivity contribution in [2.45, 2.75) is 12.5 Å². The van der Waals surface area contributed by atoms with Crippen LogP contribution in [0.3, 0.4) is 0 Å². The number of carbonyl (C=O) groups is 2. The number of hydrogen-bond acceptors (Lipinski definition) is 3. The van der Waals surface area contributed by atoms with Crippen LogP contribution in [-0.4, -0.2) is 23.4 Å². The fourth-order valence-electron chi connectivity index (χ4n) is 0.198. The average Bonchev–Trinajstić information content (AvgIpc) is 1.67. The predicted molar refractivity (Wildman–Crippen MR) is 24.8 cm³/mol. The molecule has 0 heterocycles. The van der Waals surface area contributed by atoms with Crippen molar-refractivity contribution in [2.24, 2.45) is 0 Å². The molecule has 2 N–H and O–H groups in total. The number of aliphatic hydroxyl groups is 1. The Morgan fingerprint density at radius 3 is 2.50 bits per heavy atom. The van der Waals surface area contributed by atoms with E-state index in [4.69, 9.17) is 10.8 Å². The number of aliphatic hydroxyl groups excluding tert-OH is 1. The van der Waals surface area contributed by atoms with Crippen molar-refractivity contribution >= 4 is 12.2 Å². The molecule has 1 amide bonds. The van der Waals surface area contributed by atoms with Crippen LogP contribution in [-0.2, 0) is 9.59 Å². The molecule has 0 bridgehead atoms. The number of aldehydes is 1. The van der Waals surface area contributed by atoms with Gasteiger partial charge < -0.3 is 9.90 Å². The maximum absolute atomic E-state index is 9.79. The summed E-state index contributed by atoms with van der Waals surface area (Å²) in [6, 6.07) is 0. The van der Waals surface area contributed by atoms with Crippen LogP contribution in [0, 0.1) is 0 Å². The fraction of sp³-hybridized carbons (Fsp3) is 0.500. The van der Waals surface area contributed by atoms with Crippen LogP contribution in [0.2, 0.25) is 0 Å².